The minimum atomic E-state index is 0.660. The number of aromatic nitrogens is 3. The van der Waals surface area contributed by atoms with Crippen molar-refractivity contribution in [1.29, 1.82) is 0 Å². The van der Waals surface area contributed by atoms with Crippen molar-refractivity contribution in [2.75, 3.05) is 6.54 Å². The van der Waals surface area contributed by atoms with Crippen molar-refractivity contribution in [1.82, 2.24) is 14.6 Å². The van der Waals surface area contributed by atoms with E-state index in [1.165, 1.54) is 0 Å². The lowest BCUT2D eigenvalue weighted by atomic mass is 10.3. The Morgan fingerprint density at radius 3 is 3.07 bits per heavy atom. The highest BCUT2D eigenvalue weighted by Crippen LogP contribution is 2.09. The summed E-state index contributed by atoms with van der Waals surface area (Å²) >= 11 is 5.82. The molecule has 0 aliphatic carbocycles. The second-order valence-electron chi connectivity index (χ2n) is 3.07. The van der Waals surface area contributed by atoms with Crippen LogP contribution >= 0.6 is 11.6 Å². The Kier molecular flexibility index (Phi) is 2.65. The SMILES string of the molecule is NCCCc1nc2ccc(Cl)cn2n1. The van der Waals surface area contributed by atoms with E-state index in [-0.39, 0.29) is 0 Å². The maximum Gasteiger partial charge on any atom is 0.155 e. The van der Waals surface area contributed by atoms with E-state index >= 15 is 0 Å². The van der Waals surface area contributed by atoms with Crippen LogP contribution in [0.4, 0.5) is 0 Å². The molecule has 0 bridgehead atoms. The van der Waals surface area contributed by atoms with Crippen LogP contribution in [0.3, 0.4) is 0 Å². The lowest BCUT2D eigenvalue weighted by molar-refractivity contribution is 0.774. The van der Waals surface area contributed by atoms with Crippen molar-refractivity contribution in [2.45, 2.75) is 12.8 Å². The normalized spacial score (nSPS) is 11.0. The summed E-state index contributed by atoms with van der Waals surface area (Å²) in [7, 11) is 0. The zero-order valence-corrected chi connectivity index (χ0v) is 8.41. The quantitative estimate of drug-likeness (QED) is 0.830. The second-order valence-corrected chi connectivity index (χ2v) is 3.51. The van der Waals surface area contributed by atoms with Crippen molar-refractivity contribution in [2.24, 2.45) is 5.73 Å². The summed E-state index contributed by atoms with van der Waals surface area (Å²) in [4.78, 5) is 4.33. The van der Waals surface area contributed by atoms with Gasteiger partial charge in [0, 0.05) is 12.6 Å². The fraction of sp³-hybridized carbons (Fsp3) is 0.333. The molecular weight excluding hydrogens is 200 g/mol. The molecule has 0 radical (unpaired) electrons. The number of rotatable bonds is 3. The fourth-order valence-corrected chi connectivity index (χ4v) is 1.43. The highest BCUT2D eigenvalue weighted by atomic mass is 35.5. The monoisotopic (exact) mass is 210 g/mol. The van der Waals surface area contributed by atoms with Gasteiger partial charge in [-0.25, -0.2) is 9.50 Å². The lowest BCUT2D eigenvalue weighted by Gasteiger charge is -1.90. The van der Waals surface area contributed by atoms with Crippen LogP contribution in [-0.4, -0.2) is 21.1 Å². The number of aryl methyl sites for hydroxylation is 1. The van der Waals surface area contributed by atoms with Gasteiger partial charge in [0.2, 0.25) is 0 Å². The van der Waals surface area contributed by atoms with Crippen molar-refractivity contribution < 1.29 is 0 Å². The number of fused-ring (bicyclic) bond motifs is 1. The molecule has 0 atom stereocenters. The van der Waals surface area contributed by atoms with Gasteiger partial charge in [-0.05, 0) is 25.1 Å². The largest absolute Gasteiger partial charge is 0.330 e. The van der Waals surface area contributed by atoms with E-state index in [1.807, 2.05) is 6.07 Å². The van der Waals surface area contributed by atoms with Crippen LogP contribution in [0, 0.1) is 0 Å². The molecule has 2 heterocycles. The third kappa shape index (κ3) is 1.86. The van der Waals surface area contributed by atoms with Gasteiger partial charge in [0.15, 0.2) is 11.5 Å². The molecule has 0 amide bonds. The third-order valence-corrected chi connectivity index (χ3v) is 2.17. The first-order chi connectivity index (χ1) is 6.79. The first kappa shape index (κ1) is 9.43. The van der Waals surface area contributed by atoms with Crippen molar-refractivity contribution in [3.8, 4) is 0 Å². The van der Waals surface area contributed by atoms with Gasteiger partial charge in [-0.1, -0.05) is 11.6 Å². The smallest absolute Gasteiger partial charge is 0.155 e. The van der Waals surface area contributed by atoms with E-state index in [1.54, 1.807) is 16.8 Å². The van der Waals surface area contributed by atoms with Crippen molar-refractivity contribution in [3.63, 3.8) is 0 Å². The van der Waals surface area contributed by atoms with Gasteiger partial charge in [-0.2, -0.15) is 5.10 Å². The van der Waals surface area contributed by atoms with Gasteiger partial charge in [-0.15, -0.1) is 0 Å². The van der Waals surface area contributed by atoms with E-state index in [0.717, 1.165) is 24.3 Å². The van der Waals surface area contributed by atoms with Crippen LogP contribution in [0.2, 0.25) is 5.02 Å². The molecule has 4 nitrogen and oxygen atoms in total. The Hall–Kier alpha value is -1.13. The van der Waals surface area contributed by atoms with E-state index < -0.39 is 0 Å². The fourth-order valence-electron chi connectivity index (χ4n) is 1.27. The summed E-state index contributed by atoms with van der Waals surface area (Å²) in [5, 5.41) is 4.94. The van der Waals surface area contributed by atoms with Crippen LogP contribution in [0.1, 0.15) is 12.2 Å². The number of nitrogens with two attached hydrogens (primary N) is 1. The van der Waals surface area contributed by atoms with Gasteiger partial charge >= 0.3 is 0 Å². The molecule has 2 N–H and O–H groups in total. The molecule has 0 saturated carbocycles. The molecule has 2 aromatic rings. The number of hydrogen-bond donors (Lipinski definition) is 1. The molecule has 2 aromatic heterocycles. The van der Waals surface area contributed by atoms with Crippen LogP contribution in [0.15, 0.2) is 18.3 Å². The zero-order chi connectivity index (χ0) is 9.97. The summed E-state index contributed by atoms with van der Waals surface area (Å²) in [5.41, 5.74) is 6.23. The molecule has 0 aromatic carbocycles. The minimum absolute atomic E-state index is 0.660. The van der Waals surface area contributed by atoms with Gasteiger partial charge < -0.3 is 5.73 Å². The summed E-state index contributed by atoms with van der Waals surface area (Å²) in [5.74, 6) is 0.817. The minimum Gasteiger partial charge on any atom is -0.330 e. The first-order valence-corrected chi connectivity index (χ1v) is 4.88. The number of hydrogen-bond acceptors (Lipinski definition) is 3. The van der Waals surface area contributed by atoms with E-state index in [9.17, 15) is 0 Å². The maximum atomic E-state index is 5.82. The van der Waals surface area contributed by atoms with Crippen LogP contribution in [0.25, 0.3) is 5.65 Å². The van der Waals surface area contributed by atoms with Crippen molar-refractivity contribution >= 4 is 17.2 Å². The Labute approximate surface area is 86.7 Å². The Morgan fingerprint density at radius 1 is 1.43 bits per heavy atom. The van der Waals surface area contributed by atoms with Gasteiger partial charge in [0.05, 0.1) is 5.02 Å². The second kappa shape index (κ2) is 3.94. The standard InChI is InChI=1S/C9H11ClN4/c10-7-3-4-9-12-8(2-1-5-11)13-14(9)6-7/h3-4,6H,1-2,5,11H2. The number of halogens is 1. The summed E-state index contributed by atoms with van der Waals surface area (Å²) in [6.45, 7) is 0.663. The zero-order valence-electron chi connectivity index (χ0n) is 7.65. The number of nitrogens with zero attached hydrogens (tertiary/aromatic N) is 3. The first-order valence-electron chi connectivity index (χ1n) is 4.50. The predicted molar refractivity (Wildman–Crippen MR) is 55.4 cm³/mol. The highest BCUT2D eigenvalue weighted by molar-refractivity contribution is 6.30. The molecule has 0 fully saturated rings. The molecule has 5 heteroatoms. The molecular formula is C9H11ClN4. The molecule has 14 heavy (non-hydrogen) atoms. The molecule has 2 rings (SSSR count). The highest BCUT2D eigenvalue weighted by Gasteiger charge is 2.02. The van der Waals surface area contributed by atoms with Crippen LogP contribution in [0.5, 0.6) is 0 Å². The summed E-state index contributed by atoms with van der Waals surface area (Å²) in [6.07, 6.45) is 3.47. The predicted octanol–water partition coefficient (Wildman–Crippen LogP) is 1.27. The van der Waals surface area contributed by atoms with Crippen LogP contribution in [-0.2, 0) is 6.42 Å². The van der Waals surface area contributed by atoms with Gasteiger partial charge in [-0.3, -0.25) is 0 Å². The molecule has 0 saturated heterocycles. The molecule has 0 aliphatic rings. The maximum absolute atomic E-state index is 5.82. The Balaban J connectivity index is 2.32. The topological polar surface area (TPSA) is 56.2 Å². The molecule has 0 spiro atoms. The average Bonchev–Trinajstić information content (AvgIpc) is 2.56. The Morgan fingerprint density at radius 2 is 2.29 bits per heavy atom. The van der Waals surface area contributed by atoms with E-state index in [2.05, 4.69) is 10.1 Å². The van der Waals surface area contributed by atoms with Crippen LogP contribution < -0.4 is 5.73 Å². The molecule has 0 aliphatic heterocycles. The Bertz CT molecular complexity index is 437. The lowest BCUT2D eigenvalue weighted by Crippen LogP contribution is -2.01. The van der Waals surface area contributed by atoms with Gasteiger partial charge in [0.25, 0.3) is 0 Å². The molecule has 0 unspecified atom stereocenters. The summed E-state index contributed by atoms with van der Waals surface area (Å²) < 4.78 is 1.69. The summed E-state index contributed by atoms with van der Waals surface area (Å²) in [6, 6.07) is 3.65. The average molecular weight is 211 g/mol. The van der Waals surface area contributed by atoms with Gasteiger partial charge in [0.1, 0.15) is 0 Å². The van der Waals surface area contributed by atoms with E-state index in [0.29, 0.717) is 11.6 Å². The molecule has 74 valence electrons. The van der Waals surface area contributed by atoms with Crippen molar-refractivity contribution in [3.05, 3.63) is 29.2 Å². The third-order valence-electron chi connectivity index (χ3n) is 1.94. The number of pyridine rings is 1. The van der Waals surface area contributed by atoms with E-state index in [4.69, 9.17) is 17.3 Å².